The largest absolute Gasteiger partial charge is 0.341 e. The summed E-state index contributed by atoms with van der Waals surface area (Å²) in [5, 5.41) is 11.9. The van der Waals surface area contributed by atoms with E-state index in [9.17, 15) is 4.79 Å². The lowest BCUT2D eigenvalue weighted by Crippen LogP contribution is -2.49. The van der Waals surface area contributed by atoms with Gasteiger partial charge < -0.3 is 10.2 Å². The molecule has 1 aromatic carbocycles. The van der Waals surface area contributed by atoms with Crippen molar-refractivity contribution in [1.29, 1.82) is 5.26 Å². The van der Waals surface area contributed by atoms with Crippen molar-refractivity contribution in [2.24, 2.45) is 0 Å². The Balaban J connectivity index is 2.03. The average Bonchev–Trinajstić information content (AvgIpc) is 2.47. The molecule has 4 nitrogen and oxygen atoms in total. The molecule has 2 rings (SSSR count). The number of carbonyl (C=O) groups excluding carboxylic acids is 1. The van der Waals surface area contributed by atoms with E-state index in [1.54, 1.807) is 4.90 Å². The van der Waals surface area contributed by atoms with Gasteiger partial charge in [0.2, 0.25) is 5.91 Å². The molecule has 0 aliphatic carbocycles. The van der Waals surface area contributed by atoms with Crippen LogP contribution in [0.15, 0.2) is 24.3 Å². The summed E-state index contributed by atoms with van der Waals surface area (Å²) in [5.41, 5.74) is 2.52. The summed E-state index contributed by atoms with van der Waals surface area (Å²) in [5.74, 6) is 0.104. The normalized spacial score (nSPS) is 17.4. The molecule has 1 aliphatic heterocycles. The average molecular weight is 257 g/mol. The lowest BCUT2D eigenvalue weighted by atomic mass is 9.95. The molecule has 0 spiro atoms. The van der Waals surface area contributed by atoms with Gasteiger partial charge in [0, 0.05) is 19.6 Å². The van der Waals surface area contributed by atoms with Crippen LogP contribution in [-0.4, -0.2) is 29.9 Å². The van der Waals surface area contributed by atoms with Crippen LogP contribution < -0.4 is 5.32 Å². The van der Waals surface area contributed by atoms with E-state index < -0.39 is 0 Å². The maximum atomic E-state index is 12.4. The highest BCUT2D eigenvalue weighted by Gasteiger charge is 2.26. The molecular formula is C15H19N3O. The van der Waals surface area contributed by atoms with E-state index in [4.69, 9.17) is 5.26 Å². The number of hydrogen-bond acceptors (Lipinski definition) is 3. The summed E-state index contributed by atoms with van der Waals surface area (Å²) >= 11 is 0. The Bertz CT molecular complexity index is 492. The zero-order valence-electron chi connectivity index (χ0n) is 11.2. The zero-order chi connectivity index (χ0) is 13.7. The van der Waals surface area contributed by atoms with Gasteiger partial charge in [-0.3, -0.25) is 4.79 Å². The standard InChI is InChI=1S/C15H19N3O/c1-2-18(9-5-8-16)15(19)14-10-12-6-3-4-7-13(12)11-17-14/h3-4,6-7,14,17H,2,5,9-11H2,1H3/t14-/m0/s1. The van der Waals surface area contributed by atoms with E-state index in [0.29, 0.717) is 19.5 Å². The summed E-state index contributed by atoms with van der Waals surface area (Å²) in [4.78, 5) is 14.2. The van der Waals surface area contributed by atoms with Crippen molar-refractivity contribution < 1.29 is 4.79 Å². The van der Waals surface area contributed by atoms with E-state index in [-0.39, 0.29) is 11.9 Å². The van der Waals surface area contributed by atoms with Crippen molar-refractivity contribution in [3.8, 4) is 6.07 Å². The monoisotopic (exact) mass is 257 g/mol. The second-order valence-corrected chi connectivity index (χ2v) is 4.73. The Labute approximate surface area is 114 Å². The number of carbonyl (C=O) groups is 1. The number of fused-ring (bicyclic) bond motifs is 1. The predicted molar refractivity (Wildman–Crippen MR) is 73.3 cm³/mol. The summed E-state index contributed by atoms with van der Waals surface area (Å²) < 4.78 is 0. The van der Waals surface area contributed by atoms with Crippen LogP contribution in [0.1, 0.15) is 24.5 Å². The van der Waals surface area contributed by atoms with E-state index >= 15 is 0 Å². The van der Waals surface area contributed by atoms with Gasteiger partial charge in [0.25, 0.3) is 0 Å². The van der Waals surface area contributed by atoms with Crippen molar-refractivity contribution in [1.82, 2.24) is 10.2 Å². The molecule has 1 atom stereocenters. The Hall–Kier alpha value is -1.86. The van der Waals surface area contributed by atoms with Gasteiger partial charge in [-0.15, -0.1) is 0 Å². The smallest absolute Gasteiger partial charge is 0.240 e. The van der Waals surface area contributed by atoms with Gasteiger partial charge in [-0.2, -0.15) is 5.26 Å². The number of nitrogens with one attached hydrogen (secondary N) is 1. The van der Waals surface area contributed by atoms with Crippen LogP contribution in [-0.2, 0) is 17.8 Å². The van der Waals surface area contributed by atoms with Crippen molar-refractivity contribution in [3.63, 3.8) is 0 Å². The van der Waals surface area contributed by atoms with Gasteiger partial charge in [-0.25, -0.2) is 0 Å². The van der Waals surface area contributed by atoms with Crippen molar-refractivity contribution in [2.75, 3.05) is 13.1 Å². The van der Waals surface area contributed by atoms with Gasteiger partial charge in [-0.1, -0.05) is 24.3 Å². The van der Waals surface area contributed by atoms with Crippen LogP contribution in [0.5, 0.6) is 0 Å². The first-order valence-electron chi connectivity index (χ1n) is 6.72. The van der Waals surface area contributed by atoms with Crippen LogP contribution in [0.2, 0.25) is 0 Å². The molecule has 0 unspecified atom stereocenters. The van der Waals surface area contributed by atoms with Crippen molar-refractivity contribution in [3.05, 3.63) is 35.4 Å². The van der Waals surface area contributed by atoms with Crippen LogP contribution in [0.3, 0.4) is 0 Å². The fourth-order valence-corrected chi connectivity index (χ4v) is 2.46. The quantitative estimate of drug-likeness (QED) is 0.888. The molecule has 1 aromatic rings. The van der Waals surface area contributed by atoms with E-state index in [1.165, 1.54) is 11.1 Å². The molecule has 100 valence electrons. The molecule has 0 fully saturated rings. The molecule has 19 heavy (non-hydrogen) atoms. The molecule has 4 heteroatoms. The maximum Gasteiger partial charge on any atom is 0.240 e. The molecule has 1 N–H and O–H groups in total. The number of hydrogen-bond donors (Lipinski definition) is 1. The number of nitrogens with zero attached hydrogens (tertiary/aromatic N) is 2. The SMILES string of the molecule is CCN(CCC#N)C(=O)[C@@H]1Cc2ccccc2CN1. The van der Waals surface area contributed by atoms with Crippen LogP contribution in [0.4, 0.5) is 0 Å². The Kier molecular flexibility index (Phi) is 4.53. The highest BCUT2D eigenvalue weighted by atomic mass is 16.2. The van der Waals surface area contributed by atoms with E-state index in [0.717, 1.165) is 13.0 Å². The van der Waals surface area contributed by atoms with Crippen LogP contribution >= 0.6 is 0 Å². The van der Waals surface area contributed by atoms with Crippen molar-refractivity contribution in [2.45, 2.75) is 32.4 Å². The first-order valence-corrected chi connectivity index (χ1v) is 6.72. The third-order valence-electron chi connectivity index (χ3n) is 3.57. The molecular weight excluding hydrogens is 238 g/mol. The number of nitriles is 1. The Morgan fingerprint density at radius 2 is 2.21 bits per heavy atom. The maximum absolute atomic E-state index is 12.4. The first kappa shape index (κ1) is 13.6. The lowest BCUT2D eigenvalue weighted by Gasteiger charge is -2.30. The number of likely N-dealkylation sites (N-methyl/N-ethyl adjacent to an activating group) is 1. The highest BCUT2D eigenvalue weighted by Crippen LogP contribution is 2.17. The second-order valence-electron chi connectivity index (χ2n) is 4.73. The number of benzene rings is 1. The Morgan fingerprint density at radius 3 is 2.89 bits per heavy atom. The molecule has 1 aliphatic rings. The van der Waals surface area contributed by atoms with Crippen molar-refractivity contribution >= 4 is 5.91 Å². The van der Waals surface area contributed by atoms with Gasteiger partial charge in [0.1, 0.15) is 0 Å². The summed E-state index contributed by atoms with van der Waals surface area (Å²) in [6.07, 6.45) is 1.13. The lowest BCUT2D eigenvalue weighted by molar-refractivity contribution is -0.133. The molecule has 0 radical (unpaired) electrons. The van der Waals surface area contributed by atoms with E-state index in [2.05, 4.69) is 23.5 Å². The Morgan fingerprint density at radius 1 is 1.47 bits per heavy atom. The highest BCUT2D eigenvalue weighted by molar-refractivity contribution is 5.82. The topological polar surface area (TPSA) is 56.1 Å². The number of rotatable bonds is 4. The van der Waals surface area contributed by atoms with Gasteiger partial charge in [0.05, 0.1) is 18.5 Å². The molecule has 0 saturated carbocycles. The summed E-state index contributed by atoms with van der Waals surface area (Å²) in [7, 11) is 0. The molecule has 1 amide bonds. The minimum absolute atomic E-state index is 0.104. The van der Waals surface area contributed by atoms with Gasteiger partial charge in [0.15, 0.2) is 0 Å². The number of amides is 1. The molecule has 0 aromatic heterocycles. The van der Waals surface area contributed by atoms with E-state index in [1.807, 2.05) is 19.1 Å². The first-order chi connectivity index (χ1) is 9.26. The molecule has 0 saturated heterocycles. The zero-order valence-corrected chi connectivity index (χ0v) is 11.2. The second kappa shape index (κ2) is 6.35. The summed E-state index contributed by atoms with van der Waals surface area (Å²) in [6, 6.07) is 10.1. The fourth-order valence-electron chi connectivity index (χ4n) is 2.46. The van der Waals surface area contributed by atoms with Gasteiger partial charge >= 0.3 is 0 Å². The summed E-state index contributed by atoms with van der Waals surface area (Å²) in [6.45, 7) is 3.86. The predicted octanol–water partition coefficient (Wildman–Crippen LogP) is 1.46. The molecule has 0 bridgehead atoms. The van der Waals surface area contributed by atoms with Crippen LogP contribution in [0.25, 0.3) is 0 Å². The minimum Gasteiger partial charge on any atom is -0.341 e. The third kappa shape index (κ3) is 3.12. The fraction of sp³-hybridized carbons (Fsp3) is 0.467. The van der Waals surface area contributed by atoms with Gasteiger partial charge in [-0.05, 0) is 24.5 Å². The van der Waals surface area contributed by atoms with Crippen LogP contribution in [0, 0.1) is 11.3 Å². The third-order valence-corrected chi connectivity index (χ3v) is 3.57. The minimum atomic E-state index is -0.159. The molecule has 1 heterocycles.